The Kier molecular flexibility index (Phi) is 5.91. The molecular weight excluding hydrogens is 442 g/mol. The third kappa shape index (κ3) is 3.95. The van der Waals surface area contributed by atoms with Gasteiger partial charge in [0.2, 0.25) is 15.9 Å². The molecule has 3 heterocycles. The average Bonchev–Trinajstić information content (AvgIpc) is 3.22. The number of sulfonamides is 1. The molecule has 1 aromatic carbocycles. The summed E-state index contributed by atoms with van der Waals surface area (Å²) in [6, 6.07) is 2.93. The van der Waals surface area contributed by atoms with Crippen LogP contribution in [0.4, 0.5) is 8.78 Å². The summed E-state index contributed by atoms with van der Waals surface area (Å²) in [5.41, 5.74) is 2.55. The predicted octanol–water partition coefficient (Wildman–Crippen LogP) is 1.49. The van der Waals surface area contributed by atoms with E-state index in [2.05, 4.69) is 15.1 Å². The normalized spacial score (nSPS) is 15.4. The van der Waals surface area contributed by atoms with Crippen LogP contribution in [0.2, 0.25) is 0 Å². The molecular formula is C20H22F2N6O3S. The lowest BCUT2D eigenvalue weighted by Crippen LogP contribution is -2.50. The number of benzene rings is 1. The van der Waals surface area contributed by atoms with Crippen LogP contribution in [-0.2, 0) is 21.2 Å². The first-order valence-electron chi connectivity index (χ1n) is 10.1. The fraction of sp³-hybridized carbons (Fsp3) is 0.400. The minimum atomic E-state index is -4.33. The van der Waals surface area contributed by atoms with Gasteiger partial charge in [-0.3, -0.25) is 4.79 Å². The van der Waals surface area contributed by atoms with E-state index in [0.717, 1.165) is 39.5 Å². The zero-order chi connectivity index (χ0) is 23.0. The summed E-state index contributed by atoms with van der Waals surface area (Å²) in [6.07, 6.45) is 2.10. The van der Waals surface area contributed by atoms with Crippen molar-refractivity contribution in [2.75, 3.05) is 26.2 Å². The number of fused-ring (bicyclic) bond motifs is 1. The Labute approximate surface area is 183 Å². The predicted molar refractivity (Wildman–Crippen MR) is 110 cm³/mol. The summed E-state index contributed by atoms with van der Waals surface area (Å²) in [4.78, 5) is 21.8. The molecule has 0 aliphatic carbocycles. The SMILES string of the molecule is Cc1nc2ncnn2c(C)c1CCC(=O)N1CCN(S(=O)(=O)c2c(F)cccc2F)CC1. The van der Waals surface area contributed by atoms with Gasteiger partial charge in [0.05, 0.1) is 0 Å². The summed E-state index contributed by atoms with van der Waals surface area (Å²) in [5, 5.41) is 4.14. The van der Waals surface area contributed by atoms with Crippen molar-refractivity contribution in [1.29, 1.82) is 0 Å². The van der Waals surface area contributed by atoms with Crippen molar-refractivity contribution >= 4 is 21.7 Å². The van der Waals surface area contributed by atoms with E-state index < -0.39 is 26.6 Å². The lowest BCUT2D eigenvalue weighted by atomic mass is 10.1. The Balaban J connectivity index is 1.40. The van der Waals surface area contributed by atoms with Crippen LogP contribution in [0.25, 0.3) is 5.78 Å². The van der Waals surface area contributed by atoms with E-state index in [4.69, 9.17) is 0 Å². The molecule has 1 saturated heterocycles. The maximum Gasteiger partial charge on any atom is 0.252 e. The fourth-order valence-corrected chi connectivity index (χ4v) is 5.47. The van der Waals surface area contributed by atoms with E-state index in [1.807, 2.05) is 13.8 Å². The Morgan fingerprint density at radius 3 is 2.41 bits per heavy atom. The number of amides is 1. The highest BCUT2D eigenvalue weighted by atomic mass is 32.2. The minimum absolute atomic E-state index is 0.0353. The van der Waals surface area contributed by atoms with Gasteiger partial charge in [0, 0.05) is 44.0 Å². The molecule has 0 N–H and O–H groups in total. The smallest absolute Gasteiger partial charge is 0.252 e. The largest absolute Gasteiger partial charge is 0.340 e. The molecule has 1 fully saturated rings. The first-order valence-corrected chi connectivity index (χ1v) is 11.5. The van der Waals surface area contributed by atoms with Gasteiger partial charge in [-0.1, -0.05) is 6.07 Å². The lowest BCUT2D eigenvalue weighted by Gasteiger charge is -2.34. The van der Waals surface area contributed by atoms with E-state index in [1.54, 1.807) is 9.42 Å². The molecule has 170 valence electrons. The number of nitrogens with zero attached hydrogens (tertiary/aromatic N) is 6. The first-order chi connectivity index (χ1) is 15.2. The van der Waals surface area contributed by atoms with E-state index in [1.165, 1.54) is 6.33 Å². The van der Waals surface area contributed by atoms with Crippen molar-refractivity contribution in [3.63, 3.8) is 0 Å². The van der Waals surface area contributed by atoms with Crippen molar-refractivity contribution in [2.24, 2.45) is 0 Å². The van der Waals surface area contributed by atoms with Gasteiger partial charge in [-0.15, -0.1) is 0 Å². The quantitative estimate of drug-likeness (QED) is 0.567. The van der Waals surface area contributed by atoms with Gasteiger partial charge in [-0.2, -0.15) is 14.4 Å². The highest BCUT2D eigenvalue weighted by Gasteiger charge is 2.34. The molecule has 2 aromatic heterocycles. The van der Waals surface area contributed by atoms with Gasteiger partial charge in [0.25, 0.3) is 5.78 Å². The molecule has 0 saturated carbocycles. The fourth-order valence-electron chi connectivity index (χ4n) is 3.94. The van der Waals surface area contributed by atoms with Gasteiger partial charge in [-0.25, -0.2) is 26.7 Å². The van der Waals surface area contributed by atoms with Crippen molar-refractivity contribution in [3.05, 3.63) is 53.1 Å². The average molecular weight is 464 g/mol. The summed E-state index contributed by atoms with van der Waals surface area (Å²) < 4.78 is 56.0. The number of aryl methyl sites for hydroxylation is 2. The zero-order valence-corrected chi connectivity index (χ0v) is 18.4. The second-order valence-corrected chi connectivity index (χ2v) is 9.44. The van der Waals surface area contributed by atoms with Crippen LogP contribution in [0.3, 0.4) is 0 Å². The van der Waals surface area contributed by atoms with Crippen LogP contribution in [0.15, 0.2) is 29.4 Å². The molecule has 1 amide bonds. The summed E-state index contributed by atoms with van der Waals surface area (Å²) >= 11 is 0. The molecule has 32 heavy (non-hydrogen) atoms. The number of piperazine rings is 1. The molecule has 0 unspecified atom stereocenters. The number of aromatic nitrogens is 4. The Morgan fingerprint density at radius 2 is 1.75 bits per heavy atom. The summed E-state index contributed by atoms with van der Waals surface area (Å²) in [7, 11) is -4.33. The van der Waals surface area contributed by atoms with E-state index >= 15 is 0 Å². The Morgan fingerprint density at radius 1 is 1.09 bits per heavy atom. The second-order valence-electron chi connectivity index (χ2n) is 7.57. The Hall–Kier alpha value is -2.99. The first kappa shape index (κ1) is 22.2. The van der Waals surface area contributed by atoms with Crippen LogP contribution in [0.5, 0.6) is 0 Å². The van der Waals surface area contributed by atoms with Crippen LogP contribution >= 0.6 is 0 Å². The van der Waals surface area contributed by atoms with Crippen molar-refractivity contribution in [2.45, 2.75) is 31.6 Å². The maximum atomic E-state index is 14.0. The van der Waals surface area contributed by atoms with Crippen LogP contribution in [0, 0.1) is 25.5 Å². The third-order valence-electron chi connectivity index (χ3n) is 5.69. The van der Waals surface area contributed by atoms with E-state index in [0.29, 0.717) is 12.2 Å². The standard InChI is InChI=1S/C20H22F2N6O3S/c1-13-15(14(2)28-20(25-13)23-12-24-28)6-7-18(29)26-8-10-27(11-9-26)32(30,31)19-16(21)4-3-5-17(19)22/h3-5,12H,6-11H2,1-2H3. The van der Waals surface area contributed by atoms with Crippen LogP contribution in [-0.4, -0.2) is 69.3 Å². The molecule has 9 nitrogen and oxygen atoms in total. The van der Waals surface area contributed by atoms with Crippen molar-refractivity contribution < 1.29 is 22.0 Å². The number of halogens is 2. The molecule has 0 atom stereocenters. The number of rotatable bonds is 5. The molecule has 12 heteroatoms. The van der Waals surface area contributed by atoms with Gasteiger partial charge < -0.3 is 4.90 Å². The minimum Gasteiger partial charge on any atom is -0.340 e. The molecule has 1 aliphatic heterocycles. The number of hydrogen-bond acceptors (Lipinski definition) is 6. The molecule has 4 rings (SSSR count). The third-order valence-corrected chi connectivity index (χ3v) is 7.64. The molecule has 3 aromatic rings. The number of hydrogen-bond donors (Lipinski definition) is 0. The van der Waals surface area contributed by atoms with Gasteiger partial charge in [0.1, 0.15) is 18.0 Å². The highest BCUT2D eigenvalue weighted by Crippen LogP contribution is 2.24. The van der Waals surface area contributed by atoms with E-state index in [-0.39, 0.29) is 38.5 Å². The number of carbonyl (C=O) groups excluding carboxylic acids is 1. The maximum absolute atomic E-state index is 14.0. The topological polar surface area (TPSA) is 101 Å². The van der Waals surface area contributed by atoms with Gasteiger partial charge >= 0.3 is 0 Å². The lowest BCUT2D eigenvalue weighted by molar-refractivity contribution is -0.132. The van der Waals surface area contributed by atoms with Gasteiger partial charge in [-0.05, 0) is 38.0 Å². The van der Waals surface area contributed by atoms with Crippen molar-refractivity contribution in [1.82, 2.24) is 28.8 Å². The summed E-state index contributed by atoms with van der Waals surface area (Å²) in [6.45, 7) is 3.96. The van der Waals surface area contributed by atoms with Crippen molar-refractivity contribution in [3.8, 4) is 0 Å². The summed E-state index contributed by atoms with van der Waals surface area (Å²) in [5.74, 6) is -1.89. The van der Waals surface area contributed by atoms with Crippen LogP contribution in [0.1, 0.15) is 23.4 Å². The van der Waals surface area contributed by atoms with E-state index in [9.17, 15) is 22.0 Å². The molecule has 0 radical (unpaired) electrons. The monoisotopic (exact) mass is 464 g/mol. The molecule has 0 spiro atoms. The second kappa shape index (κ2) is 8.51. The number of carbonyl (C=O) groups is 1. The zero-order valence-electron chi connectivity index (χ0n) is 17.6. The molecule has 0 bridgehead atoms. The van der Waals surface area contributed by atoms with Crippen LogP contribution < -0.4 is 0 Å². The Bertz CT molecular complexity index is 1270. The highest BCUT2D eigenvalue weighted by molar-refractivity contribution is 7.89. The molecule has 1 aliphatic rings. The van der Waals surface area contributed by atoms with Gasteiger partial charge in [0.15, 0.2) is 4.90 Å².